The third-order valence-corrected chi connectivity index (χ3v) is 9.37. The highest BCUT2D eigenvalue weighted by atomic mass is 19.1. The molecule has 2 unspecified atom stereocenters. The molecular weight excluding hydrogens is 540 g/mol. The zero-order chi connectivity index (χ0) is 29.2. The number of aromatic hydroxyl groups is 1. The van der Waals surface area contributed by atoms with Crippen molar-refractivity contribution in [1.82, 2.24) is 20.3 Å². The van der Waals surface area contributed by atoms with Crippen molar-refractivity contribution in [3.63, 3.8) is 0 Å². The van der Waals surface area contributed by atoms with Gasteiger partial charge in [0.25, 0.3) is 0 Å². The van der Waals surface area contributed by atoms with Gasteiger partial charge in [-0.25, -0.2) is 8.78 Å². The first-order valence-corrected chi connectivity index (χ1v) is 14.8. The molecule has 1 aliphatic carbocycles. The first-order chi connectivity index (χ1) is 20.2. The molecule has 42 heavy (non-hydrogen) atoms. The zero-order valence-electron chi connectivity index (χ0n) is 23.9. The van der Waals surface area contributed by atoms with Crippen LogP contribution < -0.4 is 15.0 Å². The van der Waals surface area contributed by atoms with Crippen LogP contribution in [0.2, 0.25) is 0 Å². The molecule has 3 aliphatic rings. The molecular formula is C32H35F2N5O3. The lowest BCUT2D eigenvalue weighted by Gasteiger charge is -2.38. The molecule has 2 saturated heterocycles. The first kappa shape index (κ1) is 27.2. The van der Waals surface area contributed by atoms with Crippen LogP contribution in [0, 0.1) is 23.0 Å². The maximum Gasteiger partial charge on any atom is 0.319 e. The summed E-state index contributed by atoms with van der Waals surface area (Å²) >= 11 is 0. The second kappa shape index (κ2) is 9.98. The molecule has 2 aliphatic heterocycles. The molecule has 1 saturated carbocycles. The second-order valence-corrected chi connectivity index (χ2v) is 12.5. The topological polar surface area (TPSA) is 104 Å². The lowest BCUT2D eigenvalue weighted by molar-refractivity contribution is 0.0447. The number of phenolic OH excluding ortho intramolecular Hbond substituents is 1. The smallest absolute Gasteiger partial charge is 0.319 e. The molecule has 7 rings (SSSR count). The quantitative estimate of drug-likeness (QED) is 0.291. The third kappa shape index (κ3) is 4.61. The van der Waals surface area contributed by atoms with Crippen LogP contribution >= 0.6 is 0 Å². The Morgan fingerprint density at radius 1 is 1.21 bits per heavy atom. The van der Waals surface area contributed by atoms with E-state index in [9.17, 15) is 14.6 Å². The number of piperidine rings is 2. The molecule has 8 nitrogen and oxygen atoms in total. The Morgan fingerprint density at radius 3 is 2.86 bits per heavy atom. The van der Waals surface area contributed by atoms with Gasteiger partial charge in [-0.1, -0.05) is 13.0 Å². The molecule has 3 N–H and O–H groups in total. The summed E-state index contributed by atoms with van der Waals surface area (Å²) in [6.45, 7) is 6.90. The molecule has 2 aromatic carbocycles. The van der Waals surface area contributed by atoms with Gasteiger partial charge in [0, 0.05) is 36.8 Å². The maximum atomic E-state index is 16.6. The number of ether oxygens (including phenoxy) is 1. The summed E-state index contributed by atoms with van der Waals surface area (Å²) in [6.07, 6.45) is 5.51. The molecule has 4 aromatic rings. The van der Waals surface area contributed by atoms with Gasteiger partial charge in [-0.2, -0.15) is 9.97 Å². The minimum atomic E-state index is -0.919. The van der Waals surface area contributed by atoms with Gasteiger partial charge in [-0.05, 0) is 86.0 Å². The number of phenols is 1. The Kier molecular flexibility index (Phi) is 6.47. The van der Waals surface area contributed by atoms with Crippen molar-refractivity contribution in [3.05, 3.63) is 47.7 Å². The summed E-state index contributed by atoms with van der Waals surface area (Å²) in [6, 6.07) is 5.96. The number of β-amino-alcohol motifs (C(OH)–C–C–N with tert-alkyl or cyclic N) is 1. The van der Waals surface area contributed by atoms with Crippen molar-refractivity contribution in [2.75, 3.05) is 37.7 Å². The van der Waals surface area contributed by atoms with Crippen LogP contribution in [0.1, 0.15) is 45.1 Å². The molecule has 0 spiro atoms. The van der Waals surface area contributed by atoms with Gasteiger partial charge in [0.2, 0.25) is 0 Å². The molecule has 0 amide bonds. The minimum Gasteiger partial charge on any atom is -0.508 e. The molecule has 220 valence electrons. The van der Waals surface area contributed by atoms with Crippen LogP contribution in [0.15, 0.2) is 30.5 Å². The van der Waals surface area contributed by atoms with Gasteiger partial charge in [0.1, 0.15) is 28.6 Å². The fraction of sp³-hybridized carbons (Fsp3) is 0.469. The van der Waals surface area contributed by atoms with E-state index in [4.69, 9.17) is 9.72 Å². The van der Waals surface area contributed by atoms with Crippen molar-refractivity contribution in [2.45, 2.75) is 51.6 Å². The summed E-state index contributed by atoms with van der Waals surface area (Å²) in [4.78, 5) is 15.7. The van der Waals surface area contributed by atoms with Gasteiger partial charge in [0.15, 0.2) is 5.82 Å². The van der Waals surface area contributed by atoms with Crippen LogP contribution in [0.5, 0.6) is 11.8 Å². The number of aromatic nitrogens is 3. The lowest BCUT2D eigenvalue weighted by Crippen LogP contribution is -2.46. The Balaban J connectivity index is 1.38. The number of fused-ring (bicyclic) bond motifs is 3. The summed E-state index contributed by atoms with van der Waals surface area (Å²) in [5, 5.41) is 26.3. The van der Waals surface area contributed by atoms with Crippen molar-refractivity contribution >= 4 is 27.5 Å². The minimum absolute atomic E-state index is 0.0303. The number of nitrogens with one attached hydrogen (secondary N) is 1. The number of aliphatic hydroxyl groups is 1. The Labute approximate surface area is 242 Å². The lowest BCUT2D eigenvalue weighted by atomic mass is 9.94. The number of hydrogen-bond acceptors (Lipinski definition) is 8. The van der Waals surface area contributed by atoms with Crippen LogP contribution in [0.25, 0.3) is 32.9 Å². The molecule has 10 heteroatoms. The number of pyridine rings is 1. The molecule has 3 fully saturated rings. The van der Waals surface area contributed by atoms with E-state index in [1.54, 1.807) is 13.0 Å². The van der Waals surface area contributed by atoms with E-state index in [0.717, 1.165) is 32.4 Å². The van der Waals surface area contributed by atoms with Gasteiger partial charge in [-0.3, -0.25) is 4.98 Å². The predicted molar refractivity (Wildman–Crippen MR) is 157 cm³/mol. The van der Waals surface area contributed by atoms with E-state index in [-0.39, 0.29) is 33.9 Å². The highest BCUT2D eigenvalue weighted by Gasteiger charge is 2.55. The number of aryl methyl sites for hydroxylation is 1. The molecule has 3 atom stereocenters. The van der Waals surface area contributed by atoms with Crippen LogP contribution in [-0.4, -0.2) is 63.6 Å². The molecule has 2 aromatic heterocycles. The Morgan fingerprint density at radius 2 is 2.07 bits per heavy atom. The second-order valence-electron chi connectivity index (χ2n) is 12.5. The summed E-state index contributed by atoms with van der Waals surface area (Å²) < 4.78 is 37.7. The standard InChI is InChI=1S/C32H35F2N5O3/c1-3-21-24(33)6-5-18-11-20(40)12-22(25(18)21)27-26(34)28-23(14-36-27)29(39-10-4-8-31(2,41)16-39)38-30(37-28)42-17-32-13-19(32)7-9-35-15-32/h5-6,11-12,14,19,35,40-41H,3-4,7-10,13,15-17H2,1-2H3/t19?,31-,32?/m1/s1. The summed E-state index contributed by atoms with van der Waals surface area (Å²) in [5.41, 5.74) is -0.167. The van der Waals surface area contributed by atoms with Crippen LogP contribution in [-0.2, 0) is 6.42 Å². The van der Waals surface area contributed by atoms with Crippen LogP contribution in [0.4, 0.5) is 14.6 Å². The highest BCUT2D eigenvalue weighted by molar-refractivity contribution is 6.01. The summed E-state index contributed by atoms with van der Waals surface area (Å²) in [5.74, 6) is -0.110. The van der Waals surface area contributed by atoms with Gasteiger partial charge in [-0.15, -0.1) is 0 Å². The van der Waals surface area contributed by atoms with E-state index in [2.05, 4.69) is 15.3 Å². The molecule has 0 bridgehead atoms. The van der Waals surface area contributed by atoms with Crippen molar-refractivity contribution in [2.24, 2.45) is 11.3 Å². The Hall–Kier alpha value is -3.63. The number of nitrogens with zero attached hydrogens (tertiary/aromatic N) is 4. The fourth-order valence-corrected chi connectivity index (χ4v) is 7.05. The largest absolute Gasteiger partial charge is 0.508 e. The van der Waals surface area contributed by atoms with E-state index >= 15 is 4.39 Å². The average Bonchev–Trinajstić information content (AvgIpc) is 3.70. The van der Waals surface area contributed by atoms with Gasteiger partial charge < -0.3 is 25.2 Å². The molecule has 0 radical (unpaired) electrons. The monoisotopic (exact) mass is 575 g/mol. The number of rotatable bonds is 6. The van der Waals surface area contributed by atoms with Crippen LogP contribution in [0.3, 0.4) is 0 Å². The van der Waals surface area contributed by atoms with E-state index in [1.165, 1.54) is 24.4 Å². The highest BCUT2D eigenvalue weighted by Crippen LogP contribution is 2.55. The van der Waals surface area contributed by atoms with E-state index in [0.29, 0.717) is 66.0 Å². The first-order valence-electron chi connectivity index (χ1n) is 14.8. The zero-order valence-corrected chi connectivity index (χ0v) is 23.9. The normalized spacial score (nSPS) is 25.5. The number of benzene rings is 2. The average molecular weight is 576 g/mol. The number of anilines is 1. The van der Waals surface area contributed by atoms with Crippen molar-refractivity contribution < 1.29 is 23.7 Å². The third-order valence-electron chi connectivity index (χ3n) is 9.37. The SMILES string of the molecule is CCc1c(F)ccc2cc(O)cc(-c3ncc4c(N5CCC[C@@](C)(O)C5)nc(OCC56CNCCC5C6)nc4c3F)c12. The predicted octanol–water partition coefficient (Wildman–Crippen LogP) is 5.12. The molecule has 4 heterocycles. The summed E-state index contributed by atoms with van der Waals surface area (Å²) in [7, 11) is 0. The van der Waals surface area contributed by atoms with Gasteiger partial charge in [0.05, 0.1) is 17.6 Å². The maximum absolute atomic E-state index is 16.6. The number of halogens is 2. The fourth-order valence-electron chi connectivity index (χ4n) is 7.05. The van der Waals surface area contributed by atoms with Crippen molar-refractivity contribution in [1.29, 1.82) is 0 Å². The van der Waals surface area contributed by atoms with E-state index in [1.807, 2.05) is 11.8 Å². The Bertz CT molecular complexity index is 1710. The van der Waals surface area contributed by atoms with E-state index < -0.39 is 17.2 Å². The van der Waals surface area contributed by atoms with Crippen molar-refractivity contribution in [3.8, 4) is 23.0 Å². The number of hydrogen-bond donors (Lipinski definition) is 3. The van der Waals surface area contributed by atoms with Gasteiger partial charge >= 0.3 is 6.01 Å².